The maximum absolute atomic E-state index is 13.0. The number of amides is 4. The molecule has 0 spiro atoms. The first-order chi connectivity index (χ1) is 62.9. The third-order valence-electron chi connectivity index (χ3n) is 25.1. The molecule has 14 heteroatoms. The first kappa shape index (κ1) is 125. The Morgan fingerprint density at radius 1 is 0.211 bits per heavy atom. The van der Waals surface area contributed by atoms with Crippen LogP contribution in [0.2, 0.25) is 0 Å². The molecule has 0 heterocycles. The highest BCUT2D eigenvalue weighted by Gasteiger charge is 2.23. The lowest BCUT2D eigenvalue weighted by Gasteiger charge is -2.20. The van der Waals surface area contributed by atoms with Crippen molar-refractivity contribution in [2.45, 2.75) is 586 Å². The maximum atomic E-state index is 13.0. The standard InChI is InChI=1S/C76H138N2O8.C38H74N2O2/c1-4-7-10-13-16-19-22-25-28-32-37-42-47-52-57-62-72(79)78(68-67-77)73(80)63-58-53-48-43-38-33-31-36-40-45-50-55-60-65-75(82)85-70-71(86-76(83)66-61-56-51-46-41-35-30-27-24-21-18-15-12-9-6-3)69-84-74(81)64-59-54-49-44-39-34-29-26-23-20-17-14-11-8-5-2;1-3-5-7-9-11-13-15-17-19-21-23-25-27-29-31-33-37(41)40(36-35-39)38(42)34-32-30-28-26-24-22-20-18-16-14-12-10-8-6-4-2/h18,21,25,27-28,30-31,33,71H,4-17,19-20,22-24,26,29,32,34-70,77H2,1-3H3;17,19H,3-16,18,20-36,39H2,1-2H3/b21-18-,28-25-,30-27-,33-31+;19-17-. The van der Waals surface area contributed by atoms with Crippen LogP contribution in [0, 0.1) is 0 Å². The first-order valence-corrected chi connectivity index (χ1v) is 55.8. The highest BCUT2D eigenvalue weighted by Crippen LogP contribution is 2.22. The molecule has 0 saturated carbocycles. The predicted octanol–water partition coefficient (Wildman–Crippen LogP) is 33.6. The zero-order valence-electron chi connectivity index (χ0n) is 85.3. The van der Waals surface area contributed by atoms with Crippen LogP contribution in [0.15, 0.2) is 60.8 Å². The lowest BCUT2D eigenvalue weighted by molar-refractivity contribution is -0.167. The summed E-state index contributed by atoms with van der Waals surface area (Å²) >= 11 is 0. The van der Waals surface area contributed by atoms with Gasteiger partial charge in [0.05, 0.1) is 0 Å². The number of allylic oxidation sites excluding steroid dienone is 10. The van der Waals surface area contributed by atoms with Gasteiger partial charge in [-0.25, -0.2) is 0 Å². The Hall–Kier alpha value is -4.69. The van der Waals surface area contributed by atoms with Gasteiger partial charge >= 0.3 is 17.9 Å². The maximum Gasteiger partial charge on any atom is 0.306 e. The molecule has 1 atom stereocenters. The van der Waals surface area contributed by atoms with Gasteiger partial charge in [0, 0.05) is 71.1 Å². The Morgan fingerprint density at radius 2 is 0.375 bits per heavy atom. The van der Waals surface area contributed by atoms with Gasteiger partial charge in [0.1, 0.15) is 13.2 Å². The van der Waals surface area contributed by atoms with Crippen LogP contribution in [0.4, 0.5) is 0 Å². The average Bonchev–Trinajstić information content (AvgIpc) is 0.909. The van der Waals surface area contributed by atoms with E-state index in [2.05, 4.69) is 95.4 Å². The Bertz CT molecular complexity index is 2550. The average molecular weight is 1800 g/mol. The Balaban J connectivity index is 0. The molecule has 14 nitrogen and oxygen atoms in total. The summed E-state index contributed by atoms with van der Waals surface area (Å²) in [5.74, 6) is -1.15. The Morgan fingerprint density at radius 3 is 0.586 bits per heavy atom. The smallest absolute Gasteiger partial charge is 0.306 e. The molecule has 0 fully saturated rings. The fourth-order valence-electron chi connectivity index (χ4n) is 16.7. The van der Waals surface area contributed by atoms with E-state index in [1.54, 1.807) is 0 Å². The molecular weight excluding hydrogens is 1590 g/mol. The van der Waals surface area contributed by atoms with E-state index in [1.807, 2.05) is 0 Å². The topological polar surface area (TPSA) is 206 Å². The number of unbranched alkanes of at least 4 members (excludes halogenated alkanes) is 67. The summed E-state index contributed by atoms with van der Waals surface area (Å²) in [7, 11) is 0. The van der Waals surface area contributed by atoms with Crippen molar-refractivity contribution in [2.75, 3.05) is 39.4 Å². The van der Waals surface area contributed by atoms with Gasteiger partial charge in [-0.15, -0.1) is 0 Å². The monoisotopic (exact) mass is 1800 g/mol. The summed E-state index contributed by atoms with van der Waals surface area (Å²) in [6, 6.07) is 0. The van der Waals surface area contributed by atoms with Crippen LogP contribution >= 0.6 is 0 Å². The summed E-state index contributed by atoms with van der Waals surface area (Å²) < 4.78 is 16.9. The van der Waals surface area contributed by atoms with E-state index in [0.717, 1.165) is 186 Å². The molecule has 1 unspecified atom stereocenters. The number of nitrogens with two attached hydrogens (primary N) is 2. The molecule has 0 aliphatic carbocycles. The number of carbonyl (C=O) groups excluding carboxylic acids is 7. The van der Waals surface area contributed by atoms with Crippen LogP contribution in [0.5, 0.6) is 0 Å². The number of nitrogens with zero attached hydrogens (tertiary/aromatic N) is 2. The summed E-state index contributed by atoms with van der Waals surface area (Å²) in [5, 5.41) is 0. The minimum Gasteiger partial charge on any atom is -0.462 e. The van der Waals surface area contributed by atoms with Crippen molar-refractivity contribution in [3.05, 3.63) is 60.8 Å². The molecule has 0 rings (SSSR count). The second kappa shape index (κ2) is 108. The van der Waals surface area contributed by atoms with E-state index in [1.165, 1.54) is 324 Å². The van der Waals surface area contributed by atoms with E-state index >= 15 is 0 Å². The molecule has 4 N–H and O–H groups in total. The van der Waals surface area contributed by atoms with Gasteiger partial charge in [-0.3, -0.25) is 43.4 Å². The van der Waals surface area contributed by atoms with Crippen molar-refractivity contribution < 1.29 is 47.8 Å². The highest BCUT2D eigenvalue weighted by molar-refractivity contribution is 5.96. The highest BCUT2D eigenvalue weighted by atomic mass is 16.6. The molecule has 0 aromatic rings. The number of carbonyl (C=O) groups is 7. The zero-order chi connectivity index (χ0) is 93.3. The summed E-state index contributed by atoms with van der Waals surface area (Å²) in [6.45, 7) is 12.4. The Kier molecular flexibility index (Phi) is 105. The van der Waals surface area contributed by atoms with Crippen LogP contribution in [0.1, 0.15) is 580 Å². The molecule has 128 heavy (non-hydrogen) atoms. The van der Waals surface area contributed by atoms with E-state index in [0.29, 0.717) is 71.1 Å². The summed E-state index contributed by atoms with van der Waals surface area (Å²) in [5.41, 5.74) is 11.5. The number of hydrogen-bond donors (Lipinski definition) is 2. The van der Waals surface area contributed by atoms with Crippen LogP contribution < -0.4 is 11.5 Å². The van der Waals surface area contributed by atoms with E-state index < -0.39 is 6.10 Å². The van der Waals surface area contributed by atoms with Crippen LogP contribution in [-0.4, -0.2) is 96.8 Å². The van der Waals surface area contributed by atoms with Crippen LogP contribution in [0.3, 0.4) is 0 Å². The van der Waals surface area contributed by atoms with Gasteiger partial charge in [-0.2, -0.15) is 0 Å². The van der Waals surface area contributed by atoms with Gasteiger partial charge < -0.3 is 25.7 Å². The van der Waals surface area contributed by atoms with E-state index in [4.69, 9.17) is 25.7 Å². The summed E-state index contributed by atoms with van der Waals surface area (Å²) in [6.07, 6.45) is 119. The van der Waals surface area contributed by atoms with E-state index in [9.17, 15) is 33.6 Å². The van der Waals surface area contributed by atoms with Gasteiger partial charge in [-0.05, 0) is 154 Å². The van der Waals surface area contributed by atoms with Crippen molar-refractivity contribution in [1.82, 2.24) is 9.80 Å². The number of hydrogen-bond acceptors (Lipinski definition) is 12. The number of rotatable bonds is 100. The van der Waals surface area contributed by atoms with Gasteiger partial charge in [0.2, 0.25) is 23.6 Å². The molecule has 0 saturated heterocycles. The molecule has 748 valence electrons. The molecular formula is C114H212N4O10. The molecule has 0 bridgehead atoms. The minimum absolute atomic E-state index is 0.0205. The number of esters is 3. The number of imide groups is 2. The van der Waals surface area contributed by atoms with Crippen LogP contribution in [0.25, 0.3) is 0 Å². The van der Waals surface area contributed by atoms with Gasteiger partial charge in [0.25, 0.3) is 0 Å². The second-order valence-electron chi connectivity index (χ2n) is 37.7. The predicted molar refractivity (Wildman–Crippen MR) is 550 cm³/mol. The fourth-order valence-corrected chi connectivity index (χ4v) is 16.7. The number of ether oxygens (including phenoxy) is 3. The largest absolute Gasteiger partial charge is 0.462 e. The first-order valence-electron chi connectivity index (χ1n) is 55.8. The lowest BCUT2D eigenvalue weighted by atomic mass is 10.0. The molecule has 0 aliphatic heterocycles. The molecule has 0 aromatic carbocycles. The zero-order valence-corrected chi connectivity index (χ0v) is 85.3. The third kappa shape index (κ3) is 97.3. The SMILES string of the molecule is CCCCC/C=C\C/C=C\CCCCCCCC(=O)OC(COC(=O)CCCCCCC/C=C/CCCCCCC(=O)N(CCN)C(=O)CCCCCCC/C=C\CCCCCCCC)COC(=O)CCCCCCCCCCCCCCCCC.CCCCCCCC/C=C\CCCCCCCC(=O)N(CCN)C(=O)CCCCCCCCCCCCCCCCC. The van der Waals surface area contributed by atoms with Gasteiger partial charge in [0.15, 0.2) is 6.10 Å². The molecule has 4 amide bonds. The minimum atomic E-state index is -0.814. The quantitative estimate of drug-likeness (QED) is 0.0253. The fraction of sp³-hybridized carbons (Fsp3) is 0.851. The van der Waals surface area contributed by atoms with Crippen molar-refractivity contribution in [1.29, 1.82) is 0 Å². The lowest BCUT2D eigenvalue weighted by Crippen LogP contribution is -2.40. The van der Waals surface area contributed by atoms with Crippen molar-refractivity contribution in [3.63, 3.8) is 0 Å². The molecule has 0 aromatic heterocycles. The van der Waals surface area contributed by atoms with Crippen molar-refractivity contribution in [3.8, 4) is 0 Å². The van der Waals surface area contributed by atoms with Crippen molar-refractivity contribution >= 4 is 41.5 Å². The van der Waals surface area contributed by atoms with Crippen molar-refractivity contribution in [2.24, 2.45) is 11.5 Å². The normalized spacial score (nSPS) is 11.9. The third-order valence-corrected chi connectivity index (χ3v) is 25.1. The van der Waals surface area contributed by atoms with Gasteiger partial charge in [-0.1, -0.05) is 442 Å². The Labute approximate surface area is 792 Å². The van der Waals surface area contributed by atoms with E-state index in [-0.39, 0.29) is 54.8 Å². The summed E-state index contributed by atoms with van der Waals surface area (Å²) in [4.78, 5) is 92.6. The molecule has 0 aliphatic rings. The van der Waals surface area contributed by atoms with Crippen LogP contribution in [-0.2, 0) is 47.8 Å². The molecule has 0 radical (unpaired) electrons. The second-order valence-corrected chi connectivity index (χ2v) is 37.7.